The highest BCUT2D eigenvalue weighted by Crippen LogP contribution is 2.42. The molecule has 0 saturated heterocycles. The molecule has 1 aromatic rings. The lowest BCUT2D eigenvalue weighted by molar-refractivity contribution is -0.431. The van der Waals surface area contributed by atoms with E-state index in [0.29, 0.717) is 12.1 Å². The van der Waals surface area contributed by atoms with Crippen LogP contribution in [0.5, 0.6) is 5.75 Å². The molecule has 0 fully saturated rings. The van der Waals surface area contributed by atoms with E-state index in [1.54, 1.807) is 6.92 Å². The lowest BCUT2D eigenvalue weighted by Gasteiger charge is -2.27. The van der Waals surface area contributed by atoms with E-state index in [9.17, 15) is 23.7 Å². The van der Waals surface area contributed by atoms with E-state index in [0.717, 1.165) is 32.1 Å². The van der Waals surface area contributed by atoms with E-state index in [-0.39, 0.29) is 35.1 Å². The topological polar surface area (TPSA) is 99.9 Å². The van der Waals surface area contributed by atoms with Crippen molar-refractivity contribution in [1.82, 2.24) is 5.32 Å². The Hall–Kier alpha value is -3.17. The lowest BCUT2D eigenvalue weighted by Crippen LogP contribution is -2.30. The number of nitrogens with zero attached hydrogens (tertiary/aromatic N) is 1. The molecule has 33 heavy (non-hydrogen) atoms. The molecule has 0 spiro atoms. The lowest BCUT2D eigenvalue weighted by atomic mass is 9.89. The molecule has 0 bridgehead atoms. The number of halogens is 2. The molecule has 182 valence electrons. The number of carbonyl (C=O) groups is 1. The molecule has 8 nitrogen and oxygen atoms in total. The molecule has 1 unspecified atom stereocenters. The van der Waals surface area contributed by atoms with E-state index in [1.807, 2.05) is 0 Å². The number of allylic oxidation sites excluding steroid dienone is 2. The summed E-state index contributed by atoms with van der Waals surface area (Å²) in [5, 5.41) is 14.7. The fourth-order valence-corrected chi connectivity index (χ4v) is 3.71. The van der Waals surface area contributed by atoms with Gasteiger partial charge in [0.15, 0.2) is 0 Å². The minimum Gasteiger partial charge on any atom is -0.435 e. The fraction of sp³-hybridized carbons (Fsp3) is 0.522. The van der Waals surface area contributed by atoms with Crippen molar-refractivity contribution in [2.45, 2.75) is 71.8 Å². The predicted molar refractivity (Wildman–Crippen MR) is 117 cm³/mol. The maximum atomic E-state index is 13.0. The fourth-order valence-electron chi connectivity index (χ4n) is 3.71. The number of benzene rings is 1. The maximum Gasteiger partial charge on any atom is 0.513 e. The number of unbranched alkanes of at least 4 members (excludes halogenated alkanes) is 5. The Bertz CT molecular complexity index is 901. The number of nitro groups is 1. The maximum absolute atomic E-state index is 13.0. The van der Waals surface area contributed by atoms with Crippen LogP contribution in [-0.4, -0.2) is 24.3 Å². The molecule has 0 amide bonds. The number of hydrogen-bond acceptors (Lipinski definition) is 7. The van der Waals surface area contributed by atoms with E-state index in [1.165, 1.54) is 31.2 Å². The highest BCUT2D eigenvalue weighted by Gasteiger charge is 2.41. The number of nitrogens with one attached hydrogen (secondary N) is 1. The molecular formula is C23H30F2N2O6. The minimum atomic E-state index is -3.13. The molecule has 1 N–H and O–H groups in total. The first-order valence-corrected chi connectivity index (χ1v) is 11.0. The van der Waals surface area contributed by atoms with Crippen LogP contribution >= 0.6 is 0 Å². The third-order valence-electron chi connectivity index (χ3n) is 5.22. The van der Waals surface area contributed by atoms with Crippen LogP contribution < -0.4 is 10.1 Å². The second kappa shape index (κ2) is 12.8. The number of para-hydroxylation sites is 1. The van der Waals surface area contributed by atoms with Crippen LogP contribution in [0.15, 0.2) is 47.1 Å². The number of rotatable bonds is 12. The first-order valence-electron chi connectivity index (χ1n) is 11.0. The number of hydrogen-bond donors (Lipinski definition) is 1. The van der Waals surface area contributed by atoms with E-state index in [2.05, 4.69) is 17.0 Å². The van der Waals surface area contributed by atoms with Gasteiger partial charge in [-0.25, -0.2) is 4.79 Å². The van der Waals surface area contributed by atoms with Crippen molar-refractivity contribution in [1.29, 1.82) is 0 Å². The van der Waals surface area contributed by atoms with Crippen molar-refractivity contribution in [3.8, 4) is 5.75 Å². The molecule has 2 rings (SSSR count). The number of dihydropyridines is 1. The van der Waals surface area contributed by atoms with Gasteiger partial charge in [-0.1, -0.05) is 57.2 Å². The Morgan fingerprint density at radius 1 is 1.12 bits per heavy atom. The molecule has 1 heterocycles. The number of carbonyl (C=O) groups excluding carboxylic acids is 1. The normalized spacial score (nSPS) is 16.0. The third-order valence-corrected chi connectivity index (χ3v) is 5.22. The Kier molecular flexibility index (Phi) is 10.1. The molecule has 1 aromatic carbocycles. The van der Waals surface area contributed by atoms with Crippen LogP contribution in [0.1, 0.15) is 70.8 Å². The first-order chi connectivity index (χ1) is 15.8. The van der Waals surface area contributed by atoms with Gasteiger partial charge in [-0.3, -0.25) is 10.1 Å². The Morgan fingerprint density at radius 3 is 2.45 bits per heavy atom. The van der Waals surface area contributed by atoms with E-state index in [4.69, 9.17) is 9.47 Å². The predicted octanol–water partition coefficient (Wildman–Crippen LogP) is 6.23. The summed E-state index contributed by atoms with van der Waals surface area (Å²) in [7, 11) is 0. The molecule has 0 aliphatic carbocycles. The second-order valence-electron chi connectivity index (χ2n) is 7.70. The smallest absolute Gasteiger partial charge is 0.435 e. The van der Waals surface area contributed by atoms with Gasteiger partial charge in [-0.05, 0) is 26.3 Å². The Balaban J connectivity index is 2.23. The van der Waals surface area contributed by atoms with Crippen molar-refractivity contribution in [2.75, 3.05) is 6.61 Å². The molecule has 0 aromatic heterocycles. The van der Waals surface area contributed by atoms with Crippen LogP contribution in [0.3, 0.4) is 0 Å². The summed E-state index contributed by atoms with van der Waals surface area (Å²) in [6, 6.07) is 5.70. The monoisotopic (exact) mass is 468 g/mol. The van der Waals surface area contributed by atoms with Crippen LogP contribution in [0, 0.1) is 10.1 Å². The average molecular weight is 468 g/mol. The zero-order chi connectivity index (χ0) is 24.4. The molecule has 1 atom stereocenters. The molecular weight excluding hydrogens is 438 g/mol. The van der Waals surface area contributed by atoms with Gasteiger partial charge in [0, 0.05) is 5.56 Å². The van der Waals surface area contributed by atoms with Gasteiger partial charge in [0.1, 0.15) is 17.4 Å². The van der Waals surface area contributed by atoms with Gasteiger partial charge in [-0.2, -0.15) is 8.78 Å². The zero-order valence-electron chi connectivity index (χ0n) is 19.1. The molecule has 1 aliphatic heterocycles. The summed E-state index contributed by atoms with van der Waals surface area (Å²) < 4.78 is 41.0. The van der Waals surface area contributed by atoms with Crippen molar-refractivity contribution >= 4 is 6.16 Å². The van der Waals surface area contributed by atoms with Gasteiger partial charge in [-0.15, -0.1) is 0 Å². The van der Waals surface area contributed by atoms with Crippen LogP contribution in [0.2, 0.25) is 0 Å². The minimum absolute atomic E-state index is 0.0726. The SMILES string of the molecule is CCCCCCCCOC(=O)OC1=C(C)NC(C)=C([N+](=O)[O-])C1c1ccccc1OC(F)F. The van der Waals surface area contributed by atoms with Crippen LogP contribution in [0.4, 0.5) is 13.6 Å². The largest absolute Gasteiger partial charge is 0.513 e. The first kappa shape index (κ1) is 26.1. The standard InChI is InChI=1S/C23H30F2N2O6/c1-4-5-6-7-8-11-14-31-23(28)33-21-16(3)26-15(2)20(27(29)30)19(21)17-12-9-10-13-18(17)32-22(24)25/h9-10,12-13,19,22,26H,4-8,11,14H2,1-3H3. The van der Waals surface area contributed by atoms with E-state index >= 15 is 0 Å². The van der Waals surface area contributed by atoms with Crippen LogP contribution in [-0.2, 0) is 9.47 Å². The Morgan fingerprint density at radius 2 is 1.79 bits per heavy atom. The quantitative estimate of drug-likeness (QED) is 0.168. The number of ether oxygens (including phenoxy) is 3. The molecule has 10 heteroatoms. The highest BCUT2D eigenvalue weighted by molar-refractivity contribution is 5.63. The van der Waals surface area contributed by atoms with Gasteiger partial charge < -0.3 is 19.5 Å². The van der Waals surface area contributed by atoms with Gasteiger partial charge in [0.2, 0.25) is 0 Å². The summed E-state index contributed by atoms with van der Waals surface area (Å²) in [5.74, 6) is -1.61. The summed E-state index contributed by atoms with van der Waals surface area (Å²) >= 11 is 0. The van der Waals surface area contributed by atoms with Crippen molar-refractivity contribution in [2.24, 2.45) is 0 Å². The van der Waals surface area contributed by atoms with Gasteiger partial charge >= 0.3 is 12.8 Å². The van der Waals surface area contributed by atoms with Crippen molar-refractivity contribution in [3.63, 3.8) is 0 Å². The molecule has 0 radical (unpaired) electrons. The van der Waals surface area contributed by atoms with Crippen LogP contribution in [0.25, 0.3) is 0 Å². The summed E-state index contributed by atoms with van der Waals surface area (Å²) in [6.45, 7) is 2.20. The zero-order valence-corrected chi connectivity index (χ0v) is 19.1. The average Bonchev–Trinajstić information content (AvgIpc) is 2.74. The Labute approximate surface area is 191 Å². The summed E-state index contributed by atoms with van der Waals surface area (Å²) in [4.78, 5) is 23.6. The summed E-state index contributed by atoms with van der Waals surface area (Å²) in [5.41, 5.74) is 0.252. The molecule has 0 saturated carbocycles. The van der Waals surface area contributed by atoms with Crippen molar-refractivity contribution < 1.29 is 32.7 Å². The van der Waals surface area contributed by atoms with Gasteiger partial charge in [0.05, 0.1) is 22.9 Å². The number of alkyl halides is 2. The second-order valence-corrected chi connectivity index (χ2v) is 7.70. The third kappa shape index (κ3) is 7.44. The highest BCUT2D eigenvalue weighted by atomic mass is 19.3. The summed E-state index contributed by atoms with van der Waals surface area (Å²) in [6.07, 6.45) is 5.02. The van der Waals surface area contributed by atoms with E-state index < -0.39 is 23.6 Å². The van der Waals surface area contributed by atoms with Gasteiger partial charge in [0.25, 0.3) is 5.70 Å². The van der Waals surface area contributed by atoms with Crippen molar-refractivity contribution in [3.05, 3.63) is 62.8 Å². The molecule has 1 aliphatic rings.